The normalized spacial score (nSPS) is 10.1. The molecule has 0 unspecified atom stereocenters. The highest BCUT2D eigenvalue weighted by atomic mass is 35.5. The maximum atomic E-state index is 12.0. The van der Waals surface area contributed by atoms with Crippen LogP contribution in [0.5, 0.6) is 5.75 Å². The van der Waals surface area contributed by atoms with Crippen LogP contribution in [-0.4, -0.2) is 19.1 Å². The molecule has 0 aromatic heterocycles. The monoisotopic (exact) mass is 344 g/mol. The average molecular weight is 345 g/mol. The van der Waals surface area contributed by atoms with Crippen LogP contribution in [0.15, 0.2) is 54.6 Å². The van der Waals surface area contributed by atoms with Gasteiger partial charge in [-0.15, -0.1) is 0 Å². The smallest absolute Gasteiger partial charge is 0.243 e. The summed E-state index contributed by atoms with van der Waals surface area (Å²) >= 11 is 6.05. The topological polar surface area (TPSA) is 50.4 Å². The van der Waals surface area contributed by atoms with Gasteiger partial charge < -0.3 is 15.4 Å². The minimum Gasteiger partial charge on any atom is -0.489 e. The van der Waals surface area contributed by atoms with Crippen molar-refractivity contribution >= 4 is 28.9 Å². The first-order valence-electron chi connectivity index (χ1n) is 7.61. The van der Waals surface area contributed by atoms with Crippen LogP contribution < -0.4 is 15.4 Å². The number of carbonyl (C=O) groups is 1. The third-order valence-corrected chi connectivity index (χ3v) is 3.64. The number of rotatable bonds is 7. The summed E-state index contributed by atoms with van der Waals surface area (Å²) in [6.07, 6.45) is 0. The third-order valence-electron chi connectivity index (χ3n) is 3.23. The molecular formula is C19H21ClN2O2. The highest BCUT2D eigenvalue weighted by Crippen LogP contribution is 2.20. The first kappa shape index (κ1) is 17.9. The van der Waals surface area contributed by atoms with E-state index in [1.54, 1.807) is 6.07 Å². The van der Waals surface area contributed by atoms with Crippen molar-refractivity contribution in [1.29, 1.82) is 0 Å². The number of nitrogens with one attached hydrogen (secondary N) is 2. The predicted octanol–water partition coefficient (Wildman–Crippen LogP) is 4.65. The number of halogens is 1. The zero-order valence-corrected chi connectivity index (χ0v) is 14.6. The molecule has 0 fully saturated rings. The van der Waals surface area contributed by atoms with Crippen molar-refractivity contribution < 1.29 is 9.53 Å². The van der Waals surface area contributed by atoms with Crippen molar-refractivity contribution in [2.24, 2.45) is 0 Å². The summed E-state index contributed by atoms with van der Waals surface area (Å²) in [7, 11) is 0. The maximum absolute atomic E-state index is 12.0. The molecule has 0 aliphatic heterocycles. The van der Waals surface area contributed by atoms with E-state index in [9.17, 15) is 4.79 Å². The fourth-order valence-electron chi connectivity index (χ4n) is 1.96. The molecule has 24 heavy (non-hydrogen) atoms. The van der Waals surface area contributed by atoms with Crippen molar-refractivity contribution in [2.45, 2.75) is 13.8 Å². The molecule has 0 atom stereocenters. The van der Waals surface area contributed by atoms with E-state index >= 15 is 0 Å². The summed E-state index contributed by atoms with van der Waals surface area (Å²) in [5, 5.41) is 6.51. The lowest BCUT2D eigenvalue weighted by atomic mass is 10.2. The second-order valence-electron chi connectivity index (χ2n) is 5.64. The Morgan fingerprint density at radius 1 is 1.21 bits per heavy atom. The minimum absolute atomic E-state index is 0.148. The van der Waals surface area contributed by atoms with Crippen LogP contribution in [0.25, 0.3) is 0 Å². The molecule has 2 N–H and O–H groups in total. The van der Waals surface area contributed by atoms with Gasteiger partial charge in [-0.1, -0.05) is 30.3 Å². The molecule has 0 aliphatic rings. The van der Waals surface area contributed by atoms with Crippen LogP contribution in [0.3, 0.4) is 0 Å². The molecule has 1 amide bonds. The number of carbonyl (C=O) groups excluding carboxylic acids is 1. The Morgan fingerprint density at radius 2 is 2.00 bits per heavy atom. The molecular weight excluding hydrogens is 324 g/mol. The van der Waals surface area contributed by atoms with Gasteiger partial charge in [0.05, 0.1) is 6.54 Å². The first-order chi connectivity index (χ1) is 11.4. The summed E-state index contributed by atoms with van der Waals surface area (Å²) in [5.74, 6) is 0.580. The SMILES string of the molecule is C=C(C)COc1cccc(NCC(=O)Nc2ccc(C)c(Cl)c2)c1. The van der Waals surface area contributed by atoms with Gasteiger partial charge in [-0.2, -0.15) is 0 Å². The van der Waals surface area contributed by atoms with Crippen molar-refractivity contribution in [1.82, 2.24) is 0 Å². The zero-order valence-electron chi connectivity index (χ0n) is 13.9. The quantitative estimate of drug-likeness (QED) is 0.718. The maximum Gasteiger partial charge on any atom is 0.243 e. The molecule has 4 nitrogen and oxygen atoms in total. The van der Waals surface area contributed by atoms with Gasteiger partial charge in [-0.25, -0.2) is 0 Å². The number of ether oxygens (including phenoxy) is 1. The Kier molecular flexibility index (Phi) is 6.27. The molecule has 0 aliphatic carbocycles. The Labute approximate surface area is 147 Å². The lowest BCUT2D eigenvalue weighted by Gasteiger charge is -2.11. The number of amides is 1. The van der Waals surface area contributed by atoms with E-state index in [2.05, 4.69) is 17.2 Å². The fourth-order valence-corrected chi connectivity index (χ4v) is 2.14. The number of benzene rings is 2. The Bertz CT molecular complexity index is 744. The van der Waals surface area contributed by atoms with Gasteiger partial charge in [-0.3, -0.25) is 4.79 Å². The highest BCUT2D eigenvalue weighted by molar-refractivity contribution is 6.31. The minimum atomic E-state index is -0.150. The van der Waals surface area contributed by atoms with Crippen LogP contribution in [0, 0.1) is 6.92 Å². The second-order valence-corrected chi connectivity index (χ2v) is 6.05. The largest absolute Gasteiger partial charge is 0.489 e. The Hall–Kier alpha value is -2.46. The van der Waals surface area contributed by atoms with Crippen molar-refractivity contribution in [3.63, 3.8) is 0 Å². The number of hydrogen-bond donors (Lipinski definition) is 2. The molecule has 0 spiro atoms. The number of aryl methyl sites for hydroxylation is 1. The molecule has 2 aromatic rings. The second kappa shape index (κ2) is 8.41. The molecule has 0 radical (unpaired) electrons. The molecule has 126 valence electrons. The third kappa shape index (κ3) is 5.63. The van der Waals surface area contributed by atoms with Crippen LogP contribution in [0.4, 0.5) is 11.4 Å². The summed E-state index contributed by atoms with van der Waals surface area (Å²) in [4.78, 5) is 12.0. The summed E-state index contributed by atoms with van der Waals surface area (Å²) in [5.41, 5.74) is 3.41. The fraction of sp³-hybridized carbons (Fsp3) is 0.211. The first-order valence-corrected chi connectivity index (χ1v) is 7.99. The summed E-state index contributed by atoms with van der Waals surface area (Å²) < 4.78 is 5.58. The van der Waals surface area contributed by atoms with Crippen LogP contribution in [0.2, 0.25) is 5.02 Å². The van der Waals surface area contributed by atoms with Gasteiger partial charge in [0.25, 0.3) is 0 Å². The van der Waals surface area contributed by atoms with E-state index in [-0.39, 0.29) is 12.5 Å². The molecule has 5 heteroatoms. The van der Waals surface area contributed by atoms with E-state index in [0.29, 0.717) is 17.3 Å². The van der Waals surface area contributed by atoms with Gasteiger partial charge in [0, 0.05) is 22.5 Å². The van der Waals surface area contributed by atoms with E-state index < -0.39 is 0 Å². The number of hydrogen-bond acceptors (Lipinski definition) is 3. The van der Waals surface area contributed by atoms with Crippen molar-refractivity contribution in [3.05, 3.63) is 65.2 Å². The Morgan fingerprint density at radius 3 is 2.71 bits per heavy atom. The molecule has 0 saturated heterocycles. The molecule has 2 aromatic carbocycles. The lowest BCUT2D eigenvalue weighted by Crippen LogP contribution is -2.21. The van der Waals surface area contributed by atoms with Gasteiger partial charge in [0.15, 0.2) is 0 Å². The van der Waals surface area contributed by atoms with Gasteiger partial charge in [-0.05, 0) is 49.2 Å². The molecule has 0 saturated carbocycles. The van der Waals surface area contributed by atoms with Crippen LogP contribution in [-0.2, 0) is 4.79 Å². The Balaban J connectivity index is 1.88. The highest BCUT2D eigenvalue weighted by Gasteiger charge is 2.05. The standard InChI is InChI=1S/C19H21ClN2O2/c1-13(2)12-24-17-6-4-5-15(9-17)21-11-19(23)22-16-8-7-14(3)18(20)10-16/h4-10,21H,1,11-12H2,2-3H3,(H,22,23). The average Bonchev–Trinajstić information content (AvgIpc) is 2.55. The number of anilines is 2. The van der Waals surface area contributed by atoms with Gasteiger partial charge in [0.2, 0.25) is 5.91 Å². The van der Waals surface area contributed by atoms with Gasteiger partial charge in [0.1, 0.15) is 12.4 Å². The van der Waals surface area contributed by atoms with Crippen molar-refractivity contribution in [2.75, 3.05) is 23.8 Å². The van der Waals surface area contributed by atoms with E-state index in [4.69, 9.17) is 16.3 Å². The predicted molar refractivity (Wildman–Crippen MR) is 100 cm³/mol. The zero-order chi connectivity index (χ0) is 17.5. The molecule has 0 bridgehead atoms. The lowest BCUT2D eigenvalue weighted by molar-refractivity contribution is -0.114. The van der Waals surface area contributed by atoms with E-state index in [1.165, 1.54) is 0 Å². The molecule has 0 heterocycles. The van der Waals surface area contributed by atoms with Gasteiger partial charge >= 0.3 is 0 Å². The van der Waals surface area contributed by atoms with E-state index in [1.807, 2.05) is 50.2 Å². The van der Waals surface area contributed by atoms with E-state index in [0.717, 1.165) is 22.6 Å². The summed E-state index contributed by atoms with van der Waals surface area (Å²) in [6.45, 7) is 8.24. The van der Waals surface area contributed by atoms with Crippen molar-refractivity contribution in [3.8, 4) is 5.75 Å². The van der Waals surface area contributed by atoms with Crippen LogP contribution >= 0.6 is 11.6 Å². The summed E-state index contributed by atoms with van der Waals surface area (Å²) in [6, 6.07) is 12.9. The van der Waals surface area contributed by atoms with Crippen LogP contribution in [0.1, 0.15) is 12.5 Å². The molecule has 2 rings (SSSR count).